The highest BCUT2D eigenvalue weighted by molar-refractivity contribution is 5.85. The van der Waals surface area contributed by atoms with Gasteiger partial charge in [0.1, 0.15) is 17.1 Å². The molecule has 0 aliphatic carbocycles. The van der Waals surface area contributed by atoms with Gasteiger partial charge in [0.15, 0.2) is 0 Å². The van der Waals surface area contributed by atoms with Crippen LogP contribution in [-0.4, -0.2) is 20.1 Å². The summed E-state index contributed by atoms with van der Waals surface area (Å²) in [6, 6.07) is 11.3. The molecule has 6 heteroatoms. The van der Waals surface area contributed by atoms with Crippen LogP contribution in [0, 0.1) is 13.8 Å². The lowest BCUT2D eigenvalue weighted by Gasteiger charge is -2.12. The first kappa shape index (κ1) is 20.5. The van der Waals surface area contributed by atoms with Crippen molar-refractivity contribution in [2.75, 3.05) is 14.2 Å². The van der Waals surface area contributed by atoms with Gasteiger partial charge in [-0.3, -0.25) is 4.79 Å². The minimum Gasteiger partial charge on any atom is -0.497 e. The van der Waals surface area contributed by atoms with E-state index < -0.39 is 5.63 Å². The number of carbonyl (C=O) groups excluding carboxylic acids is 1. The zero-order valence-corrected chi connectivity index (χ0v) is 17.1. The van der Waals surface area contributed by atoms with E-state index in [0.29, 0.717) is 29.9 Å². The smallest absolute Gasteiger partial charge is 0.339 e. The lowest BCUT2D eigenvalue weighted by molar-refractivity contribution is -0.121. The summed E-state index contributed by atoms with van der Waals surface area (Å²) in [5, 5.41) is 3.73. The van der Waals surface area contributed by atoms with Gasteiger partial charge >= 0.3 is 5.63 Å². The molecule has 0 radical (unpaired) electrons. The Morgan fingerprint density at radius 1 is 1.07 bits per heavy atom. The van der Waals surface area contributed by atoms with Crippen LogP contribution in [-0.2, 0) is 17.8 Å². The van der Waals surface area contributed by atoms with Crippen LogP contribution in [0.25, 0.3) is 11.0 Å². The van der Waals surface area contributed by atoms with E-state index in [-0.39, 0.29) is 12.3 Å². The number of carbonyl (C=O) groups is 1. The molecule has 1 aromatic heterocycles. The summed E-state index contributed by atoms with van der Waals surface area (Å²) >= 11 is 0. The molecule has 0 fully saturated rings. The molecule has 0 atom stereocenters. The van der Waals surface area contributed by atoms with Gasteiger partial charge in [0.25, 0.3) is 0 Å². The Morgan fingerprint density at radius 3 is 2.59 bits per heavy atom. The third-order valence-corrected chi connectivity index (χ3v) is 5.10. The fourth-order valence-electron chi connectivity index (χ4n) is 3.39. The number of nitrogens with one attached hydrogen (secondary N) is 1. The Hall–Kier alpha value is -3.28. The molecule has 0 bridgehead atoms. The molecule has 3 rings (SSSR count). The van der Waals surface area contributed by atoms with Gasteiger partial charge in [0.05, 0.1) is 14.2 Å². The molecule has 0 saturated heterocycles. The van der Waals surface area contributed by atoms with Crippen molar-refractivity contribution in [1.82, 2.24) is 5.32 Å². The maximum Gasteiger partial charge on any atom is 0.339 e. The highest BCUT2D eigenvalue weighted by Gasteiger charge is 2.16. The van der Waals surface area contributed by atoms with Crippen molar-refractivity contribution in [2.45, 2.75) is 33.2 Å². The standard InChI is InChI=1S/C23H25NO5/c1-14-18-8-10-20(28-4)15(2)22(18)29-23(26)19(14)9-11-21(25)24-13-16-6-5-7-17(12-16)27-3/h5-8,10,12H,9,11,13H2,1-4H3,(H,24,25). The normalized spacial score (nSPS) is 10.8. The summed E-state index contributed by atoms with van der Waals surface area (Å²) in [4.78, 5) is 24.8. The van der Waals surface area contributed by atoms with Crippen LogP contribution in [0.5, 0.6) is 11.5 Å². The van der Waals surface area contributed by atoms with Gasteiger partial charge in [-0.1, -0.05) is 12.1 Å². The second-order valence-corrected chi connectivity index (χ2v) is 6.89. The zero-order chi connectivity index (χ0) is 21.0. The molecule has 2 aromatic carbocycles. The van der Waals surface area contributed by atoms with Gasteiger partial charge in [-0.2, -0.15) is 0 Å². The van der Waals surface area contributed by atoms with Crippen molar-refractivity contribution >= 4 is 16.9 Å². The van der Waals surface area contributed by atoms with Crippen LogP contribution < -0.4 is 20.4 Å². The number of hydrogen-bond donors (Lipinski definition) is 1. The summed E-state index contributed by atoms with van der Waals surface area (Å²) in [5.74, 6) is 1.29. The Morgan fingerprint density at radius 2 is 1.86 bits per heavy atom. The molecular weight excluding hydrogens is 370 g/mol. The Kier molecular flexibility index (Phi) is 6.22. The molecule has 0 aliphatic rings. The van der Waals surface area contributed by atoms with Crippen molar-refractivity contribution in [3.05, 3.63) is 69.1 Å². The van der Waals surface area contributed by atoms with Crippen LogP contribution in [0.3, 0.4) is 0 Å². The van der Waals surface area contributed by atoms with Crippen molar-refractivity contribution in [2.24, 2.45) is 0 Å². The topological polar surface area (TPSA) is 77.8 Å². The molecule has 1 amide bonds. The summed E-state index contributed by atoms with van der Waals surface area (Å²) in [6.45, 7) is 4.14. The maximum absolute atomic E-state index is 12.5. The number of benzene rings is 2. The monoisotopic (exact) mass is 395 g/mol. The fraction of sp³-hybridized carbons (Fsp3) is 0.304. The van der Waals surface area contributed by atoms with Gasteiger partial charge in [0.2, 0.25) is 5.91 Å². The van der Waals surface area contributed by atoms with Crippen molar-refractivity contribution in [3.63, 3.8) is 0 Å². The molecular formula is C23H25NO5. The van der Waals surface area contributed by atoms with E-state index in [9.17, 15) is 9.59 Å². The second kappa shape index (κ2) is 8.82. The minimum absolute atomic E-state index is 0.127. The van der Waals surface area contributed by atoms with Gasteiger partial charge in [-0.25, -0.2) is 4.79 Å². The number of fused-ring (bicyclic) bond motifs is 1. The summed E-state index contributed by atoms with van der Waals surface area (Å²) in [7, 11) is 3.18. The average Bonchev–Trinajstić information content (AvgIpc) is 2.73. The van der Waals surface area contributed by atoms with E-state index in [1.54, 1.807) is 14.2 Å². The first-order valence-corrected chi connectivity index (χ1v) is 9.44. The molecule has 1 heterocycles. The number of hydrogen-bond acceptors (Lipinski definition) is 5. The highest BCUT2D eigenvalue weighted by Crippen LogP contribution is 2.29. The molecule has 6 nitrogen and oxygen atoms in total. The van der Waals surface area contributed by atoms with Gasteiger partial charge in [0, 0.05) is 29.5 Å². The van der Waals surface area contributed by atoms with Crippen LogP contribution >= 0.6 is 0 Å². The predicted molar refractivity (Wildman–Crippen MR) is 112 cm³/mol. The van der Waals surface area contributed by atoms with Crippen LogP contribution in [0.1, 0.15) is 28.7 Å². The Bertz CT molecular complexity index is 1100. The van der Waals surface area contributed by atoms with E-state index in [1.807, 2.05) is 50.2 Å². The Balaban J connectivity index is 1.71. The number of methoxy groups -OCH3 is 2. The third-order valence-electron chi connectivity index (χ3n) is 5.10. The van der Waals surface area contributed by atoms with Crippen LogP contribution in [0.4, 0.5) is 0 Å². The molecule has 0 unspecified atom stereocenters. The number of rotatable bonds is 7. The quantitative estimate of drug-likeness (QED) is 0.618. The maximum atomic E-state index is 12.5. The largest absolute Gasteiger partial charge is 0.497 e. The first-order valence-electron chi connectivity index (χ1n) is 9.44. The summed E-state index contributed by atoms with van der Waals surface area (Å²) in [6.07, 6.45) is 0.523. The SMILES string of the molecule is COc1cccc(CNC(=O)CCc2c(C)c3ccc(OC)c(C)c3oc2=O)c1. The number of aryl methyl sites for hydroxylation is 2. The lowest BCUT2D eigenvalue weighted by Crippen LogP contribution is -2.24. The predicted octanol–water partition coefficient (Wildman–Crippen LogP) is 3.68. The zero-order valence-electron chi connectivity index (χ0n) is 17.1. The second-order valence-electron chi connectivity index (χ2n) is 6.89. The summed E-state index contributed by atoms with van der Waals surface area (Å²) < 4.78 is 16.0. The lowest BCUT2D eigenvalue weighted by atomic mass is 10.00. The Labute approximate surface area is 169 Å². The van der Waals surface area contributed by atoms with Crippen molar-refractivity contribution in [1.29, 1.82) is 0 Å². The third kappa shape index (κ3) is 4.42. The number of ether oxygens (including phenoxy) is 2. The first-order chi connectivity index (χ1) is 13.9. The van der Waals surface area contributed by atoms with Gasteiger partial charge in [-0.05, 0) is 55.7 Å². The summed E-state index contributed by atoms with van der Waals surface area (Å²) in [5.41, 5.74) is 3.21. The molecule has 1 N–H and O–H groups in total. The van der Waals surface area contributed by atoms with E-state index >= 15 is 0 Å². The fourth-order valence-corrected chi connectivity index (χ4v) is 3.39. The van der Waals surface area contributed by atoms with E-state index in [0.717, 1.165) is 27.8 Å². The van der Waals surface area contributed by atoms with Gasteiger partial charge < -0.3 is 19.2 Å². The van der Waals surface area contributed by atoms with Gasteiger partial charge in [-0.15, -0.1) is 0 Å². The average molecular weight is 395 g/mol. The molecule has 0 spiro atoms. The number of amides is 1. The van der Waals surface area contributed by atoms with Crippen LogP contribution in [0.2, 0.25) is 0 Å². The van der Waals surface area contributed by atoms with E-state index in [2.05, 4.69) is 5.32 Å². The highest BCUT2D eigenvalue weighted by atomic mass is 16.5. The molecule has 152 valence electrons. The van der Waals surface area contributed by atoms with Crippen molar-refractivity contribution in [3.8, 4) is 11.5 Å². The molecule has 3 aromatic rings. The molecule has 0 saturated carbocycles. The van der Waals surface area contributed by atoms with Crippen LogP contribution in [0.15, 0.2) is 45.6 Å². The van der Waals surface area contributed by atoms with E-state index in [1.165, 1.54) is 0 Å². The molecule has 29 heavy (non-hydrogen) atoms. The van der Waals surface area contributed by atoms with E-state index in [4.69, 9.17) is 13.9 Å². The minimum atomic E-state index is -0.410. The van der Waals surface area contributed by atoms with Crippen molar-refractivity contribution < 1.29 is 18.7 Å². The molecule has 0 aliphatic heterocycles.